The first-order chi connectivity index (χ1) is 13.5. The summed E-state index contributed by atoms with van der Waals surface area (Å²) in [4.78, 5) is 14.6. The van der Waals surface area contributed by atoms with Gasteiger partial charge in [-0.1, -0.05) is 6.07 Å². The van der Waals surface area contributed by atoms with Gasteiger partial charge in [-0.2, -0.15) is 0 Å². The van der Waals surface area contributed by atoms with E-state index in [1.165, 1.54) is 0 Å². The maximum atomic E-state index is 12.5. The van der Waals surface area contributed by atoms with Gasteiger partial charge in [0, 0.05) is 12.2 Å². The Kier molecular flexibility index (Phi) is 8.14. The summed E-state index contributed by atoms with van der Waals surface area (Å²) in [7, 11) is 5.19. The molecular formula is C22H30N2O4. The predicted molar refractivity (Wildman–Crippen MR) is 112 cm³/mol. The van der Waals surface area contributed by atoms with Crippen molar-refractivity contribution in [1.29, 1.82) is 0 Å². The van der Waals surface area contributed by atoms with Crippen molar-refractivity contribution in [3.8, 4) is 17.2 Å². The molecule has 0 aliphatic heterocycles. The summed E-state index contributed by atoms with van der Waals surface area (Å²) in [5, 5.41) is 2.95. The Hall–Kier alpha value is -2.73. The molecule has 0 aromatic heterocycles. The second-order valence-electron chi connectivity index (χ2n) is 6.54. The number of nitrogens with zero attached hydrogens (tertiary/aromatic N) is 1. The molecule has 1 N–H and O–H groups in total. The molecule has 0 bridgehead atoms. The van der Waals surface area contributed by atoms with E-state index in [4.69, 9.17) is 14.2 Å². The van der Waals surface area contributed by atoms with Gasteiger partial charge in [0.05, 0.1) is 26.9 Å². The third-order valence-corrected chi connectivity index (χ3v) is 4.67. The highest BCUT2D eigenvalue weighted by molar-refractivity contribution is 5.94. The van der Waals surface area contributed by atoms with Crippen LogP contribution in [0.3, 0.4) is 0 Å². The van der Waals surface area contributed by atoms with E-state index in [-0.39, 0.29) is 11.9 Å². The third-order valence-electron chi connectivity index (χ3n) is 4.67. The Morgan fingerprint density at radius 1 is 1.07 bits per heavy atom. The fourth-order valence-electron chi connectivity index (χ4n) is 2.78. The molecule has 0 aliphatic rings. The molecule has 1 amide bonds. The van der Waals surface area contributed by atoms with Crippen molar-refractivity contribution in [3.05, 3.63) is 48.0 Å². The maximum Gasteiger partial charge on any atom is 0.241 e. The van der Waals surface area contributed by atoms with Crippen molar-refractivity contribution in [2.75, 3.05) is 39.7 Å². The minimum absolute atomic E-state index is 0.0426. The van der Waals surface area contributed by atoms with Crippen LogP contribution in [0.25, 0.3) is 0 Å². The van der Waals surface area contributed by atoms with E-state index >= 15 is 0 Å². The Morgan fingerprint density at radius 2 is 1.75 bits per heavy atom. The molecule has 152 valence electrons. The smallest absolute Gasteiger partial charge is 0.241 e. The van der Waals surface area contributed by atoms with Crippen molar-refractivity contribution >= 4 is 11.6 Å². The monoisotopic (exact) mass is 386 g/mol. The summed E-state index contributed by atoms with van der Waals surface area (Å²) in [5.74, 6) is 2.17. The van der Waals surface area contributed by atoms with E-state index in [1.807, 2.05) is 68.3 Å². The summed E-state index contributed by atoms with van der Waals surface area (Å²) < 4.78 is 16.0. The van der Waals surface area contributed by atoms with Gasteiger partial charge >= 0.3 is 0 Å². The molecule has 2 aromatic rings. The molecule has 28 heavy (non-hydrogen) atoms. The van der Waals surface area contributed by atoms with Gasteiger partial charge in [0.1, 0.15) is 5.75 Å². The van der Waals surface area contributed by atoms with Crippen LogP contribution in [0.2, 0.25) is 0 Å². The van der Waals surface area contributed by atoms with Crippen LogP contribution in [-0.4, -0.2) is 51.3 Å². The van der Waals surface area contributed by atoms with Gasteiger partial charge in [0.25, 0.3) is 0 Å². The number of benzene rings is 2. The van der Waals surface area contributed by atoms with Crippen LogP contribution in [0.5, 0.6) is 17.2 Å². The number of rotatable bonds is 10. The average Bonchev–Trinajstić information content (AvgIpc) is 2.72. The predicted octanol–water partition coefficient (Wildman–Crippen LogP) is 3.60. The van der Waals surface area contributed by atoms with Crippen molar-refractivity contribution in [1.82, 2.24) is 4.90 Å². The van der Waals surface area contributed by atoms with Crippen LogP contribution < -0.4 is 19.5 Å². The lowest BCUT2D eigenvalue weighted by Gasteiger charge is -2.24. The zero-order valence-corrected chi connectivity index (χ0v) is 17.3. The molecule has 0 fully saturated rings. The van der Waals surface area contributed by atoms with E-state index in [0.717, 1.165) is 30.0 Å². The molecular weight excluding hydrogens is 356 g/mol. The van der Waals surface area contributed by atoms with Crippen molar-refractivity contribution in [2.24, 2.45) is 0 Å². The molecule has 0 saturated carbocycles. The van der Waals surface area contributed by atoms with E-state index in [0.29, 0.717) is 18.1 Å². The SMILES string of the molecule is CCOc1ccc(NC(=O)[C@H](C)N(C)CCc2ccc(OC)c(OC)c2)cc1. The lowest BCUT2D eigenvalue weighted by molar-refractivity contribution is -0.120. The Bertz CT molecular complexity index is 762. The first kappa shape index (κ1) is 21.6. The highest BCUT2D eigenvalue weighted by Gasteiger charge is 2.18. The first-order valence-corrected chi connectivity index (χ1v) is 9.43. The molecule has 0 aliphatic carbocycles. The van der Waals surface area contributed by atoms with E-state index < -0.39 is 0 Å². The van der Waals surface area contributed by atoms with Gasteiger partial charge in [0.2, 0.25) is 5.91 Å². The van der Waals surface area contributed by atoms with Gasteiger partial charge in [-0.05, 0) is 69.3 Å². The van der Waals surface area contributed by atoms with Crippen LogP contribution in [0.15, 0.2) is 42.5 Å². The van der Waals surface area contributed by atoms with Gasteiger partial charge in [0.15, 0.2) is 11.5 Å². The molecule has 6 heteroatoms. The van der Waals surface area contributed by atoms with Gasteiger partial charge in [-0.3, -0.25) is 9.69 Å². The Morgan fingerprint density at radius 3 is 2.36 bits per heavy atom. The fourth-order valence-corrected chi connectivity index (χ4v) is 2.78. The highest BCUT2D eigenvalue weighted by Crippen LogP contribution is 2.27. The maximum absolute atomic E-state index is 12.5. The third kappa shape index (κ3) is 5.89. The summed E-state index contributed by atoms with van der Waals surface area (Å²) in [6, 6.07) is 13.0. The Balaban J connectivity index is 1.89. The minimum atomic E-state index is -0.258. The summed E-state index contributed by atoms with van der Waals surface area (Å²) in [6.07, 6.45) is 0.803. The number of nitrogens with one attached hydrogen (secondary N) is 1. The average molecular weight is 386 g/mol. The summed E-state index contributed by atoms with van der Waals surface area (Å²) in [6.45, 7) is 5.20. The molecule has 0 saturated heterocycles. The van der Waals surface area contributed by atoms with Crippen LogP contribution in [-0.2, 0) is 11.2 Å². The molecule has 0 radical (unpaired) electrons. The molecule has 6 nitrogen and oxygen atoms in total. The van der Waals surface area contributed by atoms with E-state index in [2.05, 4.69) is 5.32 Å². The number of hydrogen-bond acceptors (Lipinski definition) is 5. The second kappa shape index (κ2) is 10.6. The topological polar surface area (TPSA) is 60.0 Å². The zero-order valence-electron chi connectivity index (χ0n) is 17.3. The minimum Gasteiger partial charge on any atom is -0.494 e. The van der Waals surface area contributed by atoms with Crippen LogP contribution in [0, 0.1) is 0 Å². The van der Waals surface area contributed by atoms with Crippen LogP contribution in [0.1, 0.15) is 19.4 Å². The molecule has 2 aromatic carbocycles. The number of carbonyl (C=O) groups is 1. The summed E-state index contributed by atoms with van der Waals surface area (Å²) in [5.41, 5.74) is 1.89. The number of methoxy groups -OCH3 is 2. The van der Waals surface area contributed by atoms with Crippen molar-refractivity contribution in [2.45, 2.75) is 26.3 Å². The quantitative estimate of drug-likeness (QED) is 0.676. The van der Waals surface area contributed by atoms with Gasteiger partial charge < -0.3 is 19.5 Å². The van der Waals surface area contributed by atoms with E-state index in [1.54, 1.807) is 14.2 Å². The lowest BCUT2D eigenvalue weighted by Crippen LogP contribution is -2.40. The molecule has 1 atom stereocenters. The number of ether oxygens (including phenoxy) is 3. The highest BCUT2D eigenvalue weighted by atomic mass is 16.5. The van der Waals surface area contributed by atoms with Crippen molar-refractivity contribution in [3.63, 3.8) is 0 Å². The summed E-state index contributed by atoms with van der Waals surface area (Å²) >= 11 is 0. The Labute approximate surface area is 167 Å². The zero-order chi connectivity index (χ0) is 20.5. The first-order valence-electron chi connectivity index (χ1n) is 9.43. The lowest BCUT2D eigenvalue weighted by atomic mass is 10.1. The van der Waals surface area contributed by atoms with Crippen molar-refractivity contribution < 1.29 is 19.0 Å². The van der Waals surface area contributed by atoms with Crippen LogP contribution >= 0.6 is 0 Å². The molecule has 0 heterocycles. The number of amides is 1. The van der Waals surface area contributed by atoms with Gasteiger partial charge in [-0.15, -0.1) is 0 Å². The number of anilines is 1. The fraction of sp³-hybridized carbons (Fsp3) is 0.409. The van der Waals surface area contributed by atoms with E-state index in [9.17, 15) is 4.79 Å². The standard InChI is InChI=1S/C22H30N2O4/c1-6-28-19-10-8-18(9-11-19)23-22(25)16(2)24(3)14-13-17-7-12-20(26-4)21(15-17)27-5/h7-12,15-16H,6,13-14H2,1-5H3,(H,23,25)/t16-/m0/s1. The van der Waals surface area contributed by atoms with Crippen LogP contribution in [0.4, 0.5) is 5.69 Å². The number of hydrogen-bond donors (Lipinski definition) is 1. The number of carbonyl (C=O) groups excluding carboxylic acids is 1. The van der Waals surface area contributed by atoms with Gasteiger partial charge in [-0.25, -0.2) is 0 Å². The normalized spacial score (nSPS) is 11.8. The number of likely N-dealkylation sites (N-methyl/N-ethyl adjacent to an activating group) is 1. The largest absolute Gasteiger partial charge is 0.494 e. The molecule has 0 unspecified atom stereocenters. The second-order valence-corrected chi connectivity index (χ2v) is 6.54. The molecule has 2 rings (SSSR count). The molecule has 0 spiro atoms.